The highest BCUT2D eigenvalue weighted by molar-refractivity contribution is 5.30. The average molecular weight is 396 g/mol. The number of benzene rings is 1. The van der Waals surface area contributed by atoms with E-state index in [1.165, 1.54) is 0 Å². The van der Waals surface area contributed by atoms with Gasteiger partial charge in [-0.2, -0.15) is 13.2 Å². The maximum atomic E-state index is 13.0. The second-order valence-corrected chi connectivity index (χ2v) is 7.98. The van der Waals surface area contributed by atoms with Crippen LogP contribution in [0, 0.1) is 0 Å². The molecule has 1 unspecified atom stereocenters. The van der Waals surface area contributed by atoms with Crippen molar-refractivity contribution in [2.45, 2.75) is 44.9 Å². The number of likely N-dealkylation sites (N-methyl/N-ethyl adjacent to an activating group) is 1. The lowest BCUT2D eigenvalue weighted by molar-refractivity contribution is -0.137. The Morgan fingerprint density at radius 2 is 1.64 bits per heavy atom. The summed E-state index contributed by atoms with van der Waals surface area (Å²) >= 11 is 0. The van der Waals surface area contributed by atoms with Crippen LogP contribution < -0.4 is 0 Å². The predicted molar refractivity (Wildman–Crippen MR) is 99.8 cm³/mol. The van der Waals surface area contributed by atoms with Crippen LogP contribution in [0.4, 0.5) is 13.2 Å². The van der Waals surface area contributed by atoms with Crippen LogP contribution >= 0.6 is 0 Å². The molecule has 0 saturated carbocycles. The summed E-state index contributed by atoms with van der Waals surface area (Å²) < 4.78 is 40.8. The lowest BCUT2D eigenvalue weighted by Crippen LogP contribution is -2.47. The molecule has 1 aromatic carbocycles. The fourth-order valence-corrected chi connectivity index (χ4v) is 3.40. The highest BCUT2D eigenvalue weighted by Crippen LogP contribution is 2.34. The van der Waals surface area contributed by atoms with Gasteiger partial charge in [0.2, 0.25) is 0 Å². The fraction of sp³-hybridized carbons (Fsp3) is 0.632. The fourth-order valence-electron chi connectivity index (χ4n) is 3.40. The van der Waals surface area contributed by atoms with Gasteiger partial charge < -0.3 is 4.90 Å². The Balaban J connectivity index is 2.03. The molecule has 9 heteroatoms. The molecule has 2 heterocycles. The number of halogens is 3. The number of rotatable bonds is 5. The van der Waals surface area contributed by atoms with Crippen LogP contribution in [0.5, 0.6) is 0 Å². The Hall–Kier alpha value is -2.00. The smallest absolute Gasteiger partial charge is 0.304 e. The van der Waals surface area contributed by atoms with Crippen molar-refractivity contribution in [1.29, 1.82) is 0 Å². The Morgan fingerprint density at radius 1 is 1.04 bits per heavy atom. The molecule has 1 aliphatic rings. The topological polar surface area (TPSA) is 50.1 Å². The summed E-state index contributed by atoms with van der Waals surface area (Å²) in [5.74, 6) is 0.663. The number of piperazine rings is 1. The zero-order valence-corrected chi connectivity index (χ0v) is 16.7. The van der Waals surface area contributed by atoms with Gasteiger partial charge in [0.1, 0.15) is 0 Å². The molecule has 0 radical (unpaired) electrons. The second kappa shape index (κ2) is 7.79. The van der Waals surface area contributed by atoms with Crippen LogP contribution in [-0.4, -0.2) is 63.2 Å². The Labute approximate surface area is 163 Å². The zero-order chi connectivity index (χ0) is 20.5. The van der Waals surface area contributed by atoms with Gasteiger partial charge in [-0.05, 0) is 55.4 Å². The second-order valence-electron chi connectivity index (χ2n) is 7.98. The van der Waals surface area contributed by atoms with E-state index < -0.39 is 11.7 Å². The molecule has 1 saturated heterocycles. The number of alkyl halides is 3. The van der Waals surface area contributed by atoms with Crippen LogP contribution in [-0.2, 0) is 11.7 Å². The summed E-state index contributed by atoms with van der Waals surface area (Å²) in [5, 5.41) is 12.4. The third kappa shape index (κ3) is 4.20. The lowest BCUT2D eigenvalue weighted by atomic mass is 9.98. The minimum atomic E-state index is -4.35. The largest absolute Gasteiger partial charge is 0.416 e. The van der Waals surface area contributed by atoms with E-state index in [2.05, 4.69) is 53.1 Å². The van der Waals surface area contributed by atoms with Crippen LogP contribution in [0.15, 0.2) is 24.3 Å². The molecule has 0 amide bonds. The highest BCUT2D eigenvalue weighted by Gasteiger charge is 2.35. The van der Waals surface area contributed by atoms with Crippen molar-refractivity contribution in [3.63, 3.8) is 0 Å². The highest BCUT2D eigenvalue weighted by atomic mass is 19.4. The van der Waals surface area contributed by atoms with E-state index in [0.717, 1.165) is 50.3 Å². The monoisotopic (exact) mass is 396 g/mol. The van der Waals surface area contributed by atoms with Gasteiger partial charge in [-0.15, -0.1) is 5.10 Å². The van der Waals surface area contributed by atoms with E-state index in [1.807, 2.05) is 4.68 Å². The van der Waals surface area contributed by atoms with Gasteiger partial charge in [0, 0.05) is 26.2 Å². The molecular weight excluding hydrogens is 369 g/mol. The molecule has 0 bridgehead atoms. The van der Waals surface area contributed by atoms with Crippen LogP contribution in [0.2, 0.25) is 0 Å². The van der Waals surface area contributed by atoms with Gasteiger partial charge in [-0.3, -0.25) is 4.90 Å². The van der Waals surface area contributed by atoms with Crippen molar-refractivity contribution >= 4 is 0 Å². The number of nitrogens with zero attached hydrogens (tertiary/aromatic N) is 6. The van der Waals surface area contributed by atoms with Crippen molar-refractivity contribution in [3.05, 3.63) is 41.2 Å². The maximum absolute atomic E-state index is 13.0. The summed E-state index contributed by atoms with van der Waals surface area (Å²) in [4.78, 5) is 4.48. The molecule has 6 nitrogen and oxygen atoms in total. The minimum Gasteiger partial charge on any atom is -0.304 e. The molecule has 1 aromatic heterocycles. The van der Waals surface area contributed by atoms with Crippen LogP contribution in [0.25, 0.3) is 0 Å². The molecule has 1 atom stereocenters. The summed E-state index contributed by atoms with van der Waals surface area (Å²) in [7, 11) is 2.06. The van der Waals surface area contributed by atoms with E-state index in [1.54, 1.807) is 12.1 Å². The van der Waals surface area contributed by atoms with Crippen LogP contribution in [0.1, 0.15) is 50.2 Å². The third-order valence-electron chi connectivity index (χ3n) is 5.63. The molecule has 0 spiro atoms. The third-order valence-corrected chi connectivity index (χ3v) is 5.63. The molecule has 154 valence electrons. The number of aromatic nitrogens is 4. The van der Waals surface area contributed by atoms with E-state index >= 15 is 0 Å². The van der Waals surface area contributed by atoms with E-state index in [9.17, 15) is 13.2 Å². The van der Waals surface area contributed by atoms with E-state index in [0.29, 0.717) is 5.82 Å². The molecule has 0 N–H and O–H groups in total. The van der Waals surface area contributed by atoms with E-state index in [4.69, 9.17) is 0 Å². The molecule has 0 aliphatic carbocycles. The summed E-state index contributed by atoms with van der Waals surface area (Å²) in [5.41, 5.74) is -0.183. The van der Waals surface area contributed by atoms with Crippen molar-refractivity contribution in [2.75, 3.05) is 33.2 Å². The van der Waals surface area contributed by atoms with Gasteiger partial charge in [0.25, 0.3) is 0 Å². The standard InChI is InChI=1S/C19H27F3N6/c1-5-18(2,3)28-17(23-24-25-28)16(27-12-10-26(4)11-13-27)14-6-8-15(9-7-14)19(20,21)22/h6-9,16H,5,10-13H2,1-4H3. The van der Waals surface area contributed by atoms with Crippen molar-refractivity contribution in [3.8, 4) is 0 Å². The quantitative estimate of drug-likeness (QED) is 0.777. The lowest BCUT2D eigenvalue weighted by Gasteiger charge is -2.38. The summed E-state index contributed by atoms with van der Waals surface area (Å²) in [6.07, 6.45) is -3.53. The molecule has 28 heavy (non-hydrogen) atoms. The average Bonchev–Trinajstić information content (AvgIpc) is 3.13. The van der Waals surface area contributed by atoms with Gasteiger partial charge in [-0.1, -0.05) is 19.1 Å². The summed E-state index contributed by atoms with van der Waals surface area (Å²) in [6, 6.07) is 5.07. The van der Waals surface area contributed by atoms with Crippen molar-refractivity contribution in [2.24, 2.45) is 0 Å². The first kappa shape index (κ1) is 20.7. The molecule has 1 aliphatic heterocycles. The van der Waals surface area contributed by atoms with Gasteiger partial charge in [-0.25, -0.2) is 4.68 Å². The Kier molecular flexibility index (Phi) is 5.77. The van der Waals surface area contributed by atoms with Gasteiger partial charge in [0.15, 0.2) is 5.82 Å². The number of hydrogen-bond acceptors (Lipinski definition) is 5. The van der Waals surface area contributed by atoms with Gasteiger partial charge in [0.05, 0.1) is 17.1 Å². The van der Waals surface area contributed by atoms with Crippen molar-refractivity contribution < 1.29 is 13.2 Å². The minimum absolute atomic E-state index is 0.295. The normalized spacial score (nSPS) is 18.4. The zero-order valence-electron chi connectivity index (χ0n) is 16.7. The molecular formula is C19H27F3N6. The first-order valence-corrected chi connectivity index (χ1v) is 9.52. The van der Waals surface area contributed by atoms with Crippen LogP contribution in [0.3, 0.4) is 0 Å². The number of tetrazole rings is 1. The maximum Gasteiger partial charge on any atom is 0.416 e. The number of hydrogen-bond donors (Lipinski definition) is 0. The van der Waals surface area contributed by atoms with E-state index in [-0.39, 0.29) is 11.6 Å². The first-order valence-electron chi connectivity index (χ1n) is 9.52. The molecule has 2 aromatic rings. The Morgan fingerprint density at radius 3 is 2.18 bits per heavy atom. The predicted octanol–water partition coefficient (Wildman–Crippen LogP) is 3.17. The summed E-state index contributed by atoms with van der Waals surface area (Å²) in [6.45, 7) is 9.53. The van der Waals surface area contributed by atoms with Crippen molar-refractivity contribution in [1.82, 2.24) is 30.0 Å². The Bertz CT molecular complexity index is 776. The molecule has 1 fully saturated rings. The SMILES string of the molecule is CCC(C)(C)n1nnnc1C(c1ccc(C(F)(F)F)cc1)N1CCN(C)CC1. The first-order chi connectivity index (χ1) is 13.1. The van der Waals surface area contributed by atoms with Gasteiger partial charge >= 0.3 is 6.18 Å². The molecule has 3 rings (SSSR count).